The number of esters is 3. The van der Waals surface area contributed by atoms with Gasteiger partial charge < -0.3 is 29.2 Å². The zero-order chi connectivity index (χ0) is 32.8. The van der Waals surface area contributed by atoms with E-state index in [0.29, 0.717) is 17.6 Å². The first-order chi connectivity index (χ1) is 21.4. The number of benzene rings is 1. The van der Waals surface area contributed by atoms with E-state index in [1.165, 1.54) is 31.6 Å². The molecule has 1 aromatic carbocycles. The molecule has 6 atom stereocenters. The Bertz CT molecular complexity index is 1550. The second kappa shape index (κ2) is 14.4. The predicted octanol–water partition coefficient (Wildman–Crippen LogP) is 3.53. The number of carbonyl (C=O) groups is 3. The number of fused-ring (bicyclic) bond motifs is 1. The van der Waals surface area contributed by atoms with Gasteiger partial charge in [0.25, 0.3) is 0 Å². The lowest BCUT2D eigenvalue weighted by atomic mass is 9.96. The number of nitrogens with one attached hydrogen (secondary N) is 1. The van der Waals surface area contributed by atoms with Gasteiger partial charge >= 0.3 is 25.7 Å². The highest BCUT2D eigenvalue weighted by Gasteiger charge is 2.58. The summed E-state index contributed by atoms with van der Waals surface area (Å²) in [7, 11) is -4.34. The Morgan fingerprint density at radius 3 is 2.51 bits per heavy atom. The third-order valence-corrected chi connectivity index (χ3v) is 8.55. The lowest BCUT2D eigenvalue weighted by Crippen LogP contribution is -2.48. The third kappa shape index (κ3) is 8.17. The third-order valence-electron chi connectivity index (χ3n) is 6.93. The molecule has 4 rings (SSSR count). The average molecular weight is 648 g/mol. The van der Waals surface area contributed by atoms with Crippen molar-refractivity contribution in [3.63, 3.8) is 0 Å². The molecule has 1 aliphatic rings. The molecule has 1 saturated heterocycles. The summed E-state index contributed by atoms with van der Waals surface area (Å²) >= 11 is 0. The number of nitrogens with zero attached hydrogens (tertiary/aromatic N) is 3. The van der Waals surface area contributed by atoms with Crippen LogP contribution in [-0.2, 0) is 42.4 Å². The van der Waals surface area contributed by atoms with Gasteiger partial charge in [-0.25, -0.2) is 14.1 Å². The SMILES string of the molecule is CCCCOC(=O)[C@H](C)N[P@](=O)(OC[C@@]1(C)O[C@@H](c2ccc3c(N)ncnn23)[C@H](OC(C)=O)[C@@H]1OC(C)=O)Oc1ccccc1. The van der Waals surface area contributed by atoms with E-state index in [9.17, 15) is 18.9 Å². The minimum Gasteiger partial charge on any atom is -0.465 e. The Morgan fingerprint density at radius 1 is 1.13 bits per heavy atom. The van der Waals surface area contributed by atoms with Crippen LogP contribution in [0.1, 0.15) is 59.3 Å². The van der Waals surface area contributed by atoms with E-state index in [4.69, 9.17) is 33.7 Å². The number of unbranched alkanes of at least 4 members (excludes halogenated alkanes) is 1. The van der Waals surface area contributed by atoms with Crippen molar-refractivity contribution in [2.45, 2.75) is 77.4 Å². The van der Waals surface area contributed by atoms with Crippen LogP contribution in [0.4, 0.5) is 5.82 Å². The molecule has 45 heavy (non-hydrogen) atoms. The standard InChI is InChI=1S/C29H38N5O10P/c1-6-7-15-39-28(37)18(2)33-45(38,44-21-11-9-8-10-12-21)40-16-29(5)26(42-20(4)36)25(41-19(3)35)24(43-29)22-13-14-23-27(30)31-17-32-34(22)23/h8-14,17-18,24-26H,6-7,15-16H2,1-5H3,(H,33,38)(H2,30,31,32)/t18-,24-,25-,26-,29+,45-/m0/s1. The Hall–Kier alpha value is -4.04. The number of nitrogen functional groups attached to an aromatic ring is 1. The van der Waals surface area contributed by atoms with Gasteiger partial charge in [0, 0.05) is 13.8 Å². The predicted molar refractivity (Wildman–Crippen MR) is 160 cm³/mol. The fourth-order valence-electron chi connectivity index (χ4n) is 4.80. The summed E-state index contributed by atoms with van der Waals surface area (Å²) in [6, 6.07) is 10.5. The molecule has 0 radical (unpaired) electrons. The highest BCUT2D eigenvalue weighted by molar-refractivity contribution is 7.52. The molecule has 15 nitrogen and oxygen atoms in total. The summed E-state index contributed by atoms with van der Waals surface area (Å²) in [6.07, 6.45) is -0.714. The van der Waals surface area contributed by atoms with Crippen molar-refractivity contribution in [3.05, 3.63) is 54.5 Å². The summed E-state index contributed by atoms with van der Waals surface area (Å²) in [6.45, 7) is 7.06. The Kier molecular flexibility index (Phi) is 10.8. The zero-order valence-corrected chi connectivity index (χ0v) is 26.6. The van der Waals surface area contributed by atoms with Crippen molar-refractivity contribution < 1.29 is 46.9 Å². The van der Waals surface area contributed by atoms with Gasteiger partial charge in [-0.05, 0) is 44.5 Å². The van der Waals surface area contributed by atoms with E-state index in [2.05, 4.69) is 15.2 Å². The van der Waals surface area contributed by atoms with Crippen LogP contribution in [-0.4, -0.2) is 69.6 Å². The molecule has 3 heterocycles. The van der Waals surface area contributed by atoms with E-state index < -0.39 is 62.2 Å². The lowest BCUT2D eigenvalue weighted by Gasteiger charge is -2.32. The molecule has 3 N–H and O–H groups in total. The molecule has 1 aliphatic heterocycles. The fourth-order valence-corrected chi connectivity index (χ4v) is 6.39. The van der Waals surface area contributed by atoms with E-state index in [1.807, 2.05) is 6.92 Å². The summed E-state index contributed by atoms with van der Waals surface area (Å²) in [5.74, 6) is -1.61. The second-order valence-corrected chi connectivity index (χ2v) is 12.4. The number of carbonyl (C=O) groups excluding carboxylic acids is 3. The summed E-state index contributed by atoms with van der Waals surface area (Å²) < 4.78 is 50.3. The Balaban J connectivity index is 1.67. The zero-order valence-electron chi connectivity index (χ0n) is 25.7. The minimum atomic E-state index is -4.34. The summed E-state index contributed by atoms with van der Waals surface area (Å²) in [4.78, 5) is 41.2. The van der Waals surface area contributed by atoms with Gasteiger partial charge in [-0.2, -0.15) is 10.2 Å². The maximum Gasteiger partial charge on any atom is 0.459 e. The number of anilines is 1. The molecule has 244 valence electrons. The van der Waals surface area contributed by atoms with Crippen LogP contribution < -0.4 is 15.3 Å². The molecular weight excluding hydrogens is 609 g/mol. The molecule has 0 saturated carbocycles. The van der Waals surface area contributed by atoms with Crippen molar-refractivity contribution >= 4 is 37.0 Å². The molecule has 3 aromatic rings. The monoisotopic (exact) mass is 647 g/mol. The van der Waals surface area contributed by atoms with E-state index >= 15 is 0 Å². The number of nitrogens with two attached hydrogens (primary N) is 1. The van der Waals surface area contributed by atoms with E-state index in [-0.39, 0.29) is 18.2 Å². The van der Waals surface area contributed by atoms with Gasteiger partial charge in [-0.3, -0.25) is 18.9 Å². The fraction of sp³-hybridized carbons (Fsp3) is 0.483. The van der Waals surface area contributed by atoms with Crippen LogP contribution in [0.25, 0.3) is 5.52 Å². The molecule has 0 amide bonds. The molecule has 16 heteroatoms. The van der Waals surface area contributed by atoms with Gasteiger partial charge in [0.15, 0.2) is 18.0 Å². The van der Waals surface area contributed by atoms with E-state index in [0.717, 1.165) is 6.42 Å². The number of hydrogen-bond donors (Lipinski definition) is 2. The first kappa shape index (κ1) is 33.8. The lowest BCUT2D eigenvalue weighted by molar-refractivity contribution is -0.169. The summed E-state index contributed by atoms with van der Waals surface area (Å²) in [5, 5.41) is 6.88. The van der Waals surface area contributed by atoms with Crippen LogP contribution in [0.5, 0.6) is 5.75 Å². The molecule has 0 spiro atoms. The van der Waals surface area contributed by atoms with Gasteiger partial charge in [0.1, 0.15) is 35.3 Å². The van der Waals surface area contributed by atoms with Crippen molar-refractivity contribution in [2.24, 2.45) is 0 Å². The molecule has 0 bridgehead atoms. The molecule has 0 aliphatic carbocycles. The second-order valence-electron chi connectivity index (χ2n) is 10.7. The Morgan fingerprint density at radius 2 is 1.84 bits per heavy atom. The summed E-state index contributed by atoms with van der Waals surface area (Å²) in [5.41, 5.74) is 5.33. The quantitative estimate of drug-likeness (QED) is 0.112. The van der Waals surface area contributed by atoms with Crippen LogP contribution in [0, 0.1) is 0 Å². The highest BCUT2D eigenvalue weighted by atomic mass is 31.2. The number of hydrogen-bond acceptors (Lipinski definition) is 13. The largest absolute Gasteiger partial charge is 0.465 e. The van der Waals surface area contributed by atoms with Crippen LogP contribution >= 0.6 is 7.75 Å². The van der Waals surface area contributed by atoms with Crippen molar-refractivity contribution in [2.75, 3.05) is 18.9 Å². The van der Waals surface area contributed by atoms with E-state index in [1.54, 1.807) is 49.4 Å². The van der Waals surface area contributed by atoms with Gasteiger partial charge in [-0.15, -0.1) is 0 Å². The van der Waals surface area contributed by atoms with Crippen molar-refractivity contribution in [1.29, 1.82) is 0 Å². The number of rotatable bonds is 14. The normalized spacial score (nSPS) is 23.2. The number of para-hydroxylation sites is 1. The average Bonchev–Trinajstić information content (AvgIpc) is 3.52. The minimum absolute atomic E-state index is 0.196. The number of ether oxygens (including phenoxy) is 4. The molecule has 1 fully saturated rings. The molecular formula is C29H38N5O10P. The van der Waals surface area contributed by atoms with Crippen molar-refractivity contribution in [1.82, 2.24) is 19.7 Å². The number of aromatic nitrogens is 3. The molecule has 0 unspecified atom stereocenters. The smallest absolute Gasteiger partial charge is 0.459 e. The van der Waals surface area contributed by atoms with Crippen LogP contribution in [0.3, 0.4) is 0 Å². The van der Waals surface area contributed by atoms with Gasteiger partial charge in [0.2, 0.25) is 0 Å². The van der Waals surface area contributed by atoms with Crippen LogP contribution in [0.15, 0.2) is 48.8 Å². The highest BCUT2D eigenvalue weighted by Crippen LogP contribution is 2.49. The van der Waals surface area contributed by atoms with Gasteiger partial charge in [-0.1, -0.05) is 31.5 Å². The molecule has 2 aromatic heterocycles. The maximum atomic E-state index is 14.2. The van der Waals surface area contributed by atoms with Crippen LogP contribution in [0.2, 0.25) is 0 Å². The first-order valence-electron chi connectivity index (χ1n) is 14.4. The topological polar surface area (TPSA) is 192 Å². The first-order valence-corrected chi connectivity index (χ1v) is 15.9. The van der Waals surface area contributed by atoms with Gasteiger partial charge in [0.05, 0.1) is 18.9 Å². The Labute approximate surface area is 260 Å². The maximum absolute atomic E-state index is 14.2. The van der Waals surface area contributed by atoms with Crippen molar-refractivity contribution in [3.8, 4) is 5.75 Å².